The van der Waals surface area contributed by atoms with E-state index in [0.717, 1.165) is 18.7 Å². The van der Waals surface area contributed by atoms with E-state index in [1.165, 1.54) is 18.9 Å². The zero-order chi connectivity index (χ0) is 14.4. The monoisotopic (exact) mass is 275 g/mol. The van der Waals surface area contributed by atoms with Gasteiger partial charge in [0.1, 0.15) is 5.82 Å². The SMILES string of the molecule is CC1CCCN(Cc2ccc(C#CCCO)cc2F)C1. The van der Waals surface area contributed by atoms with Crippen molar-refractivity contribution in [2.75, 3.05) is 19.7 Å². The Labute approximate surface area is 120 Å². The minimum absolute atomic E-state index is 0.0424. The summed E-state index contributed by atoms with van der Waals surface area (Å²) in [6.45, 7) is 5.09. The van der Waals surface area contributed by atoms with Crippen LogP contribution < -0.4 is 0 Å². The first kappa shape index (κ1) is 15.0. The van der Waals surface area contributed by atoms with Crippen LogP contribution in [0.1, 0.15) is 37.3 Å². The number of halogens is 1. The topological polar surface area (TPSA) is 23.5 Å². The third-order valence-electron chi connectivity index (χ3n) is 3.66. The van der Waals surface area contributed by atoms with E-state index >= 15 is 0 Å². The lowest BCUT2D eigenvalue weighted by Gasteiger charge is -2.30. The van der Waals surface area contributed by atoms with Gasteiger partial charge in [0.05, 0.1) is 6.61 Å². The van der Waals surface area contributed by atoms with Gasteiger partial charge in [-0.2, -0.15) is 0 Å². The molecule has 1 saturated heterocycles. The van der Waals surface area contributed by atoms with E-state index in [2.05, 4.69) is 23.7 Å². The predicted octanol–water partition coefficient (Wildman–Crippen LogP) is 2.79. The van der Waals surface area contributed by atoms with Crippen molar-refractivity contribution in [3.05, 3.63) is 35.1 Å². The highest BCUT2D eigenvalue weighted by molar-refractivity contribution is 5.37. The van der Waals surface area contributed by atoms with Crippen LogP contribution in [0.2, 0.25) is 0 Å². The van der Waals surface area contributed by atoms with Crippen LogP contribution >= 0.6 is 0 Å². The first-order valence-electron chi connectivity index (χ1n) is 7.29. The van der Waals surface area contributed by atoms with E-state index in [4.69, 9.17) is 5.11 Å². The minimum atomic E-state index is -0.181. The third-order valence-corrected chi connectivity index (χ3v) is 3.66. The van der Waals surface area contributed by atoms with E-state index in [1.54, 1.807) is 0 Å². The maximum Gasteiger partial charge on any atom is 0.128 e. The van der Waals surface area contributed by atoms with Crippen LogP contribution in [0.3, 0.4) is 0 Å². The van der Waals surface area contributed by atoms with Gasteiger partial charge in [-0.15, -0.1) is 0 Å². The number of piperidine rings is 1. The molecule has 1 fully saturated rings. The summed E-state index contributed by atoms with van der Waals surface area (Å²) < 4.78 is 14.1. The maximum absolute atomic E-state index is 14.1. The summed E-state index contributed by atoms with van der Waals surface area (Å²) in [5.74, 6) is 6.19. The molecule has 0 spiro atoms. The van der Waals surface area contributed by atoms with Gasteiger partial charge in [0.25, 0.3) is 0 Å². The second-order valence-corrected chi connectivity index (χ2v) is 5.56. The number of rotatable bonds is 3. The van der Waals surface area contributed by atoms with Crippen LogP contribution in [-0.4, -0.2) is 29.7 Å². The quantitative estimate of drug-likeness (QED) is 0.857. The number of aliphatic hydroxyl groups excluding tert-OH is 1. The molecule has 1 N–H and O–H groups in total. The van der Waals surface area contributed by atoms with Gasteiger partial charge < -0.3 is 5.11 Å². The van der Waals surface area contributed by atoms with Crippen molar-refractivity contribution >= 4 is 0 Å². The third kappa shape index (κ3) is 4.33. The second-order valence-electron chi connectivity index (χ2n) is 5.56. The van der Waals surface area contributed by atoms with Gasteiger partial charge >= 0.3 is 0 Å². The summed E-state index contributed by atoms with van der Waals surface area (Å²) in [5.41, 5.74) is 1.42. The Morgan fingerprint density at radius 1 is 1.45 bits per heavy atom. The van der Waals surface area contributed by atoms with Crippen molar-refractivity contribution in [3.63, 3.8) is 0 Å². The van der Waals surface area contributed by atoms with Gasteiger partial charge in [-0.3, -0.25) is 4.90 Å². The van der Waals surface area contributed by atoms with Crippen LogP contribution in [0, 0.1) is 23.6 Å². The summed E-state index contributed by atoms with van der Waals surface area (Å²) in [4.78, 5) is 2.32. The average molecular weight is 275 g/mol. The number of benzene rings is 1. The largest absolute Gasteiger partial charge is 0.395 e. The minimum Gasteiger partial charge on any atom is -0.395 e. The van der Waals surface area contributed by atoms with E-state index in [0.29, 0.717) is 24.4 Å². The number of hydrogen-bond donors (Lipinski definition) is 1. The lowest BCUT2D eigenvalue weighted by atomic mass is 9.99. The normalized spacial score (nSPS) is 19.4. The first-order valence-corrected chi connectivity index (χ1v) is 7.29. The van der Waals surface area contributed by atoms with Gasteiger partial charge in [-0.1, -0.05) is 24.8 Å². The average Bonchev–Trinajstić information content (AvgIpc) is 2.42. The fraction of sp³-hybridized carbons (Fsp3) is 0.529. The molecule has 1 unspecified atom stereocenters. The molecule has 1 aromatic rings. The Bertz CT molecular complexity index is 503. The summed E-state index contributed by atoms with van der Waals surface area (Å²) in [7, 11) is 0. The summed E-state index contributed by atoms with van der Waals surface area (Å²) in [6, 6.07) is 5.18. The molecule has 0 bridgehead atoms. The van der Waals surface area contributed by atoms with Gasteiger partial charge in [0.2, 0.25) is 0 Å². The van der Waals surface area contributed by atoms with Crippen LogP contribution in [0.4, 0.5) is 4.39 Å². The van der Waals surface area contributed by atoms with Gasteiger partial charge in [0.15, 0.2) is 0 Å². The molecule has 1 aliphatic rings. The van der Waals surface area contributed by atoms with Crippen LogP contribution in [-0.2, 0) is 6.54 Å². The fourth-order valence-electron chi connectivity index (χ4n) is 2.64. The number of likely N-dealkylation sites (tertiary alicyclic amines) is 1. The van der Waals surface area contributed by atoms with E-state index < -0.39 is 0 Å². The number of hydrogen-bond acceptors (Lipinski definition) is 2. The molecule has 2 rings (SSSR count). The molecule has 0 aromatic heterocycles. The fourth-order valence-corrected chi connectivity index (χ4v) is 2.64. The summed E-state index contributed by atoms with van der Waals surface area (Å²) >= 11 is 0. The van der Waals surface area contributed by atoms with Crippen molar-refractivity contribution in [2.24, 2.45) is 5.92 Å². The molecule has 1 aromatic carbocycles. The molecule has 3 heteroatoms. The zero-order valence-electron chi connectivity index (χ0n) is 12.0. The highest BCUT2D eigenvalue weighted by Gasteiger charge is 2.17. The van der Waals surface area contributed by atoms with Crippen LogP contribution in [0.25, 0.3) is 0 Å². The molecule has 108 valence electrons. The highest BCUT2D eigenvalue weighted by atomic mass is 19.1. The van der Waals surface area contributed by atoms with Crippen molar-refractivity contribution in [3.8, 4) is 11.8 Å². The molecule has 0 radical (unpaired) electrons. The van der Waals surface area contributed by atoms with E-state index in [-0.39, 0.29) is 12.4 Å². The molecular formula is C17H22FNO. The lowest BCUT2D eigenvalue weighted by molar-refractivity contribution is 0.175. The van der Waals surface area contributed by atoms with Crippen molar-refractivity contribution < 1.29 is 9.50 Å². The lowest BCUT2D eigenvalue weighted by Crippen LogP contribution is -2.33. The molecule has 0 saturated carbocycles. The number of aliphatic hydroxyl groups is 1. The Hall–Kier alpha value is -1.37. The molecule has 1 heterocycles. The van der Waals surface area contributed by atoms with E-state index in [1.807, 2.05) is 12.1 Å². The van der Waals surface area contributed by atoms with Gasteiger partial charge in [-0.25, -0.2) is 4.39 Å². The van der Waals surface area contributed by atoms with Crippen LogP contribution in [0.15, 0.2) is 18.2 Å². The second kappa shape index (κ2) is 7.42. The summed E-state index contributed by atoms with van der Waals surface area (Å²) in [5, 5.41) is 8.66. The Kier molecular flexibility index (Phi) is 5.58. The van der Waals surface area contributed by atoms with Crippen LogP contribution in [0.5, 0.6) is 0 Å². The molecular weight excluding hydrogens is 253 g/mol. The van der Waals surface area contributed by atoms with Gasteiger partial charge in [0, 0.05) is 30.6 Å². The summed E-state index contributed by atoms with van der Waals surface area (Å²) in [6.07, 6.45) is 2.90. The standard InChI is InChI=1S/C17H22FNO/c1-14-5-4-9-19(12-14)13-16-8-7-15(11-17(16)18)6-2-3-10-20/h7-8,11,14,20H,3-5,9-10,12-13H2,1H3. The molecule has 0 amide bonds. The smallest absolute Gasteiger partial charge is 0.128 e. The molecule has 1 aliphatic heterocycles. The van der Waals surface area contributed by atoms with E-state index in [9.17, 15) is 4.39 Å². The Morgan fingerprint density at radius 3 is 3.00 bits per heavy atom. The highest BCUT2D eigenvalue weighted by Crippen LogP contribution is 2.19. The molecule has 2 nitrogen and oxygen atoms in total. The first-order chi connectivity index (χ1) is 9.69. The molecule has 1 atom stereocenters. The van der Waals surface area contributed by atoms with Crippen molar-refractivity contribution in [2.45, 2.75) is 32.7 Å². The number of nitrogens with zero attached hydrogens (tertiary/aromatic N) is 1. The van der Waals surface area contributed by atoms with Crippen molar-refractivity contribution in [1.82, 2.24) is 4.90 Å². The Balaban J connectivity index is 2.01. The molecule has 0 aliphatic carbocycles. The maximum atomic E-state index is 14.1. The zero-order valence-corrected chi connectivity index (χ0v) is 12.0. The Morgan fingerprint density at radius 2 is 2.30 bits per heavy atom. The predicted molar refractivity (Wildman–Crippen MR) is 78.7 cm³/mol. The molecule has 20 heavy (non-hydrogen) atoms. The van der Waals surface area contributed by atoms with Gasteiger partial charge in [-0.05, 0) is 37.4 Å². The van der Waals surface area contributed by atoms with Crippen molar-refractivity contribution in [1.29, 1.82) is 0 Å².